The Morgan fingerprint density at radius 1 is 1.32 bits per heavy atom. The van der Waals surface area contributed by atoms with Gasteiger partial charge in [0.15, 0.2) is 11.5 Å². The molecule has 7 nitrogen and oxygen atoms in total. The number of anilines is 2. The number of nitrogens with one attached hydrogen (secondary N) is 2. The summed E-state index contributed by atoms with van der Waals surface area (Å²) in [5.41, 5.74) is 6.56. The Morgan fingerprint density at radius 3 is 2.58 bits per heavy atom. The molecule has 104 valence electrons. The average molecular weight is 288 g/mol. The number of carbonyl (C=O) groups is 2. The van der Waals surface area contributed by atoms with Gasteiger partial charge in [-0.05, 0) is 0 Å². The normalized spacial score (nSPS) is 11.4. The van der Waals surface area contributed by atoms with Gasteiger partial charge >= 0.3 is 0 Å². The van der Waals surface area contributed by atoms with Crippen LogP contribution in [-0.4, -0.2) is 25.2 Å². The predicted molar refractivity (Wildman–Crippen MR) is 71.5 cm³/mol. The number of nitrogens with two attached hydrogens (primary N) is 1. The van der Waals surface area contributed by atoms with E-state index in [1.54, 1.807) is 12.1 Å². The van der Waals surface area contributed by atoms with Gasteiger partial charge in [-0.1, -0.05) is 0 Å². The third-order valence-electron chi connectivity index (χ3n) is 2.32. The SMILES string of the molecule is CC(=O)NCC(=O)Nc1cc2c(cc1N)OCO2.Cl. The van der Waals surface area contributed by atoms with Crippen LogP contribution in [0.5, 0.6) is 11.5 Å². The van der Waals surface area contributed by atoms with E-state index in [0.717, 1.165) is 0 Å². The fraction of sp³-hybridized carbons (Fsp3) is 0.273. The Morgan fingerprint density at radius 2 is 1.95 bits per heavy atom. The van der Waals surface area contributed by atoms with Crippen molar-refractivity contribution >= 4 is 35.6 Å². The predicted octanol–water partition coefficient (Wildman–Crippen LogP) is 0.494. The summed E-state index contributed by atoms with van der Waals surface area (Å²) in [5.74, 6) is 0.436. The summed E-state index contributed by atoms with van der Waals surface area (Å²) in [7, 11) is 0. The second-order valence-electron chi connectivity index (χ2n) is 3.75. The van der Waals surface area contributed by atoms with Gasteiger partial charge in [0.05, 0.1) is 17.9 Å². The van der Waals surface area contributed by atoms with Crippen LogP contribution in [0.25, 0.3) is 0 Å². The highest BCUT2D eigenvalue weighted by atomic mass is 35.5. The largest absolute Gasteiger partial charge is 0.454 e. The van der Waals surface area contributed by atoms with E-state index in [4.69, 9.17) is 15.2 Å². The average Bonchev–Trinajstić information content (AvgIpc) is 2.74. The maximum Gasteiger partial charge on any atom is 0.243 e. The highest BCUT2D eigenvalue weighted by Crippen LogP contribution is 2.38. The summed E-state index contributed by atoms with van der Waals surface area (Å²) in [6.07, 6.45) is 0. The molecule has 1 heterocycles. The van der Waals surface area contributed by atoms with Crippen molar-refractivity contribution < 1.29 is 19.1 Å². The van der Waals surface area contributed by atoms with Crippen LogP contribution < -0.4 is 25.8 Å². The number of rotatable bonds is 3. The summed E-state index contributed by atoms with van der Waals surface area (Å²) in [4.78, 5) is 22.2. The van der Waals surface area contributed by atoms with Gasteiger partial charge in [0.1, 0.15) is 0 Å². The molecule has 19 heavy (non-hydrogen) atoms. The van der Waals surface area contributed by atoms with E-state index in [1.165, 1.54) is 6.92 Å². The molecule has 1 aliphatic rings. The molecule has 1 aromatic rings. The van der Waals surface area contributed by atoms with Gasteiger partial charge in [0.25, 0.3) is 0 Å². The molecule has 2 rings (SSSR count). The van der Waals surface area contributed by atoms with Crippen LogP contribution in [-0.2, 0) is 9.59 Å². The summed E-state index contributed by atoms with van der Waals surface area (Å²) in [5, 5.41) is 4.97. The summed E-state index contributed by atoms with van der Waals surface area (Å²) in [6, 6.07) is 3.17. The first-order valence-corrected chi connectivity index (χ1v) is 5.29. The van der Waals surface area contributed by atoms with Crippen LogP contribution in [0.3, 0.4) is 0 Å². The lowest BCUT2D eigenvalue weighted by Crippen LogP contribution is -2.31. The molecule has 0 bridgehead atoms. The zero-order chi connectivity index (χ0) is 13.1. The number of benzene rings is 1. The van der Waals surface area contributed by atoms with E-state index in [2.05, 4.69) is 10.6 Å². The van der Waals surface area contributed by atoms with Crippen molar-refractivity contribution in [2.24, 2.45) is 0 Å². The molecule has 0 saturated carbocycles. The van der Waals surface area contributed by atoms with Crippen LogP contribution >= 0.6 is 12.4 Å². The summed E-state index contributed by atoms with van der Waals surface area (Å²) >= 11 is 0. The Balaban J connectivity index is 0.00000180. The Kier molecular flexibility index (Phi) is 4.82. The molecule has 4 N–H and O–H groups in total. The van der Waals surface area contributed by atoms with Crippen molar-refractivity contribution in [1.29, 1.82) is 0 Å². The van der Waals surface area contributed by atoms with Gasteiger partial charge in [0, 0.05) is 19.1 Å². The second kappa shape index (κ2) is 6.14. The molecular formula is C11H14ClN3O4. The van der Waals surface area contributed by atoms with Crippen molar-refractivity contribution in [3.05, 3.63) is 12.1 Å². The Labute approximate surface area is 115 Å². The number of carbonyl (C=O) groups excluding carboxylic acids is 2. The van der Waals surface area contributed by atoms with Gasteiger partial charge in [-0.25, -0.2) is 0 Å². The molecule has 0 aromatic heterocycles. The number of nitrogen functional groups attached to an aromatic ring is 1. The molecule has 0 fully saturated rings. The lowest BCUT2D eigenvalue weighted by molar-refractivity contribution is -0.122. The van der Waals surface area contributed by atoms with Crippen LogP contribution in [0.4, 0.5) is 11.4 Å². The molecule has 0 atom stereocenters. The maximum atomic E-state index is 11.5. The fourth-order valence-corrected chi connectivity index (χ4v) is 1.47. The summed E-state index contributed by atoms with van der Waals surface area (Å²) in [6.45, 7) is 1.36. The van der Waals surface area contributed by atoms with E-state index in [0.29, 0.717) is 22.9 Å². The monoisotopic (exact) mass is 287 g/mol. The molecule has 0 unspecified atom stereocenters. The smallest absolute Gasteiger partial charge is 0.243 e. The van der Waals surface area contributed by atoms with Gasteiger partial charge in [-0.15, -0.1) is 12.4 Å². The van der Waals surface area contributed by atoms with E-state index in [9.17, 15) is 9.59 Å². The van der Waals surface area contributed by atoms with Crippen molar-refractivity contribution in [3.8, 4) is 11.5 Å². The number of hydrogen-bond acceptors (Lipinski definition) is 5. The third kappa shape index (κ3) is 3.65. The van der Waals surface area contributed by atoms with Gasteiger partial charge in [-0.2, -0.15) is 0 Å². The van der Waals surface area contributed by atoms with Crippen LogP contribution in [0.2, 0.25) is 0 Å². The summed E-state index contributed by atoms with van der Waals surface area (Å²) < 4.78 is 10.3. The second-order valence-corrected chi connectivity index (χ2v) is 3.75. The first-order chi connectivity index (χ1) is 8.56. The Hall–Kier alpha value is -2.15. The van der Waals surface area contributed by atoms with Gasteiger partial charge < -0.3 is 25.8 Å². The van der Waals surface area contributed by atoms with E-state index >= 15 is 0 Å². The minimum Gasteiger partial charge on any atom is -0.454 e. The number of hydrogen-bond donors (Lipinski definition) is 3. The molecule has 2 amide bonds. The van der Waals surface area contributed by atoms with E-state index in [1.807, 2.05) is 0 Å². The lowest BCUT2D eigenvalue weighted by atomic mass is 10.2. The van der Waals surface area contributed by atoms with Crippen molar-refractivity contribution in [3.63, 3.8) is 0 Å². The minimum atomic E-state index is -0.365. The molecular weight excluding hydrogens is 274 g/mol. The molecule has 0 saturated heterocycles. The molecule has 0 spiro atoms. The van der Waals surface area contributed by atoms with E-state index in [-0.39, 0.29) is 37.6 Å². The minimum absolute atomic E-state index is 0. The maximum absolute atomic E-state index is 11.5. The fourth-order valence-electron chi connectivity index (χ4n) is 1.47. The molecule has 1 aliphatic heterocycles. The van der Waals surface area contributed by atoms with Crippen LogP contribution in [0.1, 0.15) is 6.92 Å². The molecule has 0 aliphatic carbocycles. The Bertz CT molecular complexity index is 507. The number of amides is 2. The van der Waals surface area contributed by atoms with Crippen molar-refractivity contribution in [2.45, 2.75) is 6.92 Å². The first-order valence-electron chi connectivity index (χ1n) is 5.29. The quantitative estimate of drug-likeness (QED) is 0.702. The van der Waals surface area contributed by atoms with Crippen LogP contribution in [0.15, 0.2) is 12.1 Å². The third-order valence-corrected chi connectivity index (χ3v) is 2.32. The number of fused-ring (bicyclic) bond motifs is 1. The lowest BCUT2D eigenvalue weighted by Gasteiger charge is -2.09. The number of ether oxygens (including phenoxy) is 2. The van der Waals surface area contributed by atoms with Gasteiger partial charge in [-0.3, -0.25) is 9.59 Å². The van der Waals surface area contributed by atoms with Crippen molar-refractivity contribution in [2.75, 3.05) is 24.4 Å². The zero-order valence-corrected chi connectivity index (χ0v) is 11.0. The zero-order valence-electron chi connectivity index (χ0n) is 10.2. The highest BCUT2D eigenvalue weighted by Gasteiger charge is 2.17. The van der Waals surface area contributed by atoms with E-state index < -0.39 is 0 Å². The first kappa shape index (κ1) is 14.9. The standard InChI is InChI=1S/C11H13N3O4.ClH/c1-6(15)13-4-11(16)14-8-3-10-9(2-7(8)12)17-5-18-10;/h2-3H,4-5,12H2,1H3,(H,13,15)(H,14,16);1H. The molecule has 0 radical (unpaired) electrons. The van der Waals surface area contributed by atoms with Gasteiger partial charge in [0.2, 0.25) is 18.6 Å². The number of halogens is 1. The molecule has 8 heteroatoms. The molecule has 1 aromatic carbocycles. The van der Waals surface area contributed by atoms with Crippen LogP contribution in [0, 0.1) is 0 Å². The highest BCUT2D eigenvalue weighted by molar-refractivity contribution is 5.97. The topological polar surface area (TPSA) is 103 Å². The van der Waals surface area contributed by atoms with Crippen molar-refractivity contribution in [1.82, 2.24) is 5.32 Å².